The molecule has 7 nitrogen and oxygen atoms in total. The Hall–Kier alpha value is -2.09. The van der Waals surface area contributed by atoms with Crippen LogP contribution >= 0.6 is 24.8 Å². The normalized spacial score (nSPS) is 19.6. The third kappa shape index (κ3) is 4.32. The number of para-hydroxylation sites is 2. The fourth-order valence-corrected chi connectivity index (χ4v) is 3.72. The van der Waals surface area contributed by atoms with Gasteiger partial charge < -0.3 is 15.6 Å². The van der Waals surface area contributed by atoms with Gasteiger partial charge in [0.05, 0.1) is 29.2 Å². The number of halogens is 2. The van der Waals surface area contributed by atoms with Gasteiger partial charge in [0.15, 0.2) is 0 Å². The molecule has 1 amide bonds. The molecular weight excluding hydrogens is 399 g/mol. The number of rotatable bonds is 5. The molecule has 3 aromatic rings. The van der Waals surface area contributed by atoms with Crippen molar-refractivity contribution in [2.45, 2.75) is 25.3 Å². The summed E-state index contributed by atoms with van der Waals surface area (Å²) in [7, 11) is 1.90. The van der Waals surface area contributed by atoms with Gasteiger partial charge in [0, 0.05) is 32.3 Å². The van der Waals surface area contributed by atoms with Crippen LogP contribution in [-0.4, -0.2) is 38.7 Å². The minimum absolute atomic E-state index is 0. The van der Waals surface area contributed by atoms with Crippen LogP contribution in [0.5, 0.6) is 0 Å². The summed E-state index contributed by atoms with van der Waals surface area (Å²) >= 11 is 0. The van der Waals surface area contributed by atoms with Crippen molar-refractivity contribution in [3.63, 3.8) is 0 Å². The Morgan fingerprint density at radius 1 is 1.32 bits per heavy atom. The van der Waals surface area contributed by atoms with Crippen molar-refractivity contribution in [2.75, 3.05) is 13.1 Å². The number of imidazole rings is 1. The lowest BCUT2D eigenvalue weighted by molar-refractivity contribution is -0.125. The lowest BCUT2D eigenvalue weighted by atomic mass is 9.90. The van der Waals surface area contributed by atoms with Gasteiger partial charge in [-0.1, -0.05) is 19.1 Å². The van der Waals surface area contributed by atoms with Crippen molar-refractivity contribution < 1.29 is 4.79 Å². The number of nitrogens with one attached hydrogen (secondary N) is 3. The first kappa shape index (κ1) is 22.2. The topological polar surface area (TPSA) is 87.6 Å². The molecular formula is C19H26Cl2N6O. The highest BCUT2D eigenvalue weighted by Gasteiger charge is 2.35. The molecule has 0 aliphatic carbocycles. The molecule has 1 aliphatic heterocycles. The number of carbonyl (C=O) groups excluding carboxylic acids is 1. The fraction of sp³-hybridized carbons (Fsp3) is 0.421. The van der Waals surface area contributed by atoms with E-state index >= 15 is 0 Å². The lowest BCUT2D eigenvalue weighted by Crippen LogP contribution is -2.37. The first-order valence-electron chi connectivity index (χ1n) is 9.10. The maximum absolute atomic E-state index is 13.0. The van der Waals surface area contributed by atoms with Crippen LogP contribution < -0.4 is 10.6 Å². The predicted octanol–water partition coefficient (Wildman–Crippen LogP) is 2.71. The number of benzene rings is 1. The number of aromatic amines is 1. The third-order valence-corrected chi connectivity index (χ3v) is 5.17. The highest BCUT2D eigenvalue weighted by Crippen LogP contribution is 2.29. The van der Waals surface area contributed by atoms with Crippen LogP contribution in [-0.2, 0) is 11.8 Å². The molecule has 152 valence electrons. The van der Waals surface area contributed by atoms with Crippen molar-refractivity contribution in [3.05, 3.63) is 48.0 Å². The second kappa shape index (κ2) is 9.41. The van der Waals surface area contributed by atoms with Crippen LogP contribution in [0.3, 0.4) is 0 Å². The minimum atomic E-state index is -0.120. The monoisotopic (exact) mass is 424 g/mol. The highest BCUT2D eigenvalue weighted by atomic mass is 35.5. The summed E-state index contributed by atoms with van der Waals surface area (Å²) in [5.41, 5.74) is 3.02. The van der Waals surface area contributed by atoms with E-state index in [1.165, 1.54) is 0 Å². The molecule has 1 aromatic carbocycles. The molecule has 3 heterocycles. The third-order valence-electron chi connectivity index (χ3n) is 5.17. The minimum Gasteiger partial charge on any atom is -0.346 e. The Kier molecular flexibility index (Phi) is 7.46. The first-order valence-corrected chi connectivity index (χ1v) is 9.10. The number of aryl methyl sites for hydroxylation is 1. The number of nitrogens with zero attached hydrogens (tertiary/aromatic N) is 3. The zero-order valence-corrected chi connectivity index (χ0v) is 17.5. The maximum Gasteiger partial charge on any atom is 0.225 e. The Labute approximate surface area is 176 Å². The molecule has 28 heavy (non-hydrogen) atoms. The van der Waals surface area contributed by atoms with E-state index < -0.39 is 0 Å². The van der Waals surface area contributed by atoms with Gasteiger partial charge in [0.1, 0.15) is 5.82 Å². The van der Waals surface area contributed by atoms with Crippen LogP contribution in [0.2, 0.25) is 0 Å². The number of fused-ring (bicyclic) bond motifs is 1. The van der Waals surface area contributed by atoms with Crippen molar-refractivity contribution in [2.24, 2.45) is 13.0 Å². The van der Waals surface area contributed by atoms with Crippen LogP contribution in [0.4, 0.5) is 0 Å². The second-order valence-corrected chi connectivity index (χ2v) is 6.93. The van der Waals surface area contributed by atoms with E-state index in [2.05, 4.69) is 32.6 Å². The molecule has 2 aromatic heterocycles. The molecule has 1 aliphatic rings. The van der Waals surface area contributed by atoms with Gasteiger partial charge in [-0.05, 0) is 24.1 Å². The van der Waals surface area contributed by atoms with Gasteiger partial charge >= 0.3 is 0 Å². The summed E-state index contributed by atoms with van der Waals surface area (Å²) in [6.45, 7) is 3.54. The van der Waals surface area contributed by atoms with Gasteiger partial charge in [-0.2, -0.15) is 5.10 Å². The van der Waals surface area contributed by atoms with E-state index in [9.17, 15) is 4.79 Å². The van der Waals surface area contributed by atoms with Gasteiger partial charge in [-0.15, -0.1) is 24.8 Å². The van der Waals surface area contributed by atoms with Crippen LogP contribution in [0.15, 0.2) is 36.7 Å². The summed E-state index contributed by atoms with van der Waals surface area (Å²) in [5.74, 6) is 0.927. The fourth-order valence-electron chi connectivity index (χ4n) is 3.72. The number of aromatic nitrogens is 4. The average Bonchev–Trinajstić information content (AvgIpc) is 3.37. The quantitative estimate of drug-likeness (QED) is 0.587. The number of hydrogen-bond acceptors (Lipinski definition) is 4. The van der Waals surface area contributed by atoms with E-state index in [4.69, 9.17) is 0 Å². The van der Waals surface area contributed by atoms with Crippen molar-refractivity contribution in [3.8, 4) is 0 Å². The molecule has 9 heteroatoms. The second-order valence-electron chi connectivity index (χ2n) is 6.93. The van der Waals surface area contributed by atoms with Gasteiger partial charge in [-0.3, -0.25) is 9.48 Å². The Morgan fingerprint density at radius 2 is 2.11 bits per heavy atom. The molecule has 0 spiro atoms. The van der Waals surface area contributed by atoms with Gasteiger partial charge in [0.25, 0.3) is 0 Å². The molecule has 3 atom stereocenters. The molecule has 0 radical (unpaired) electrons. The summed E-state index contributed by atoms with van der Waals surface area (Å²) in [6, 6.07) is 7.80. The molecule has 1 unspecified atom stereocenters. The largest absolute Gasteiger partial charge is 0.346 e. The molecule has 0 bridgehead atoms. The molecule has 0 saturated carbocycles. The zero-order chi connectivity index (χ0) is 18.1. The van der Waals surface area contributed by atoms with Gasteiger partial charge in [0.2, 0.25) is 5.91 Å². The van der Waals surface area contributed by atoms with Crippen molar-refractivity contribution in [1.82, 2.24) is 30.4 Å². The Balaban J connectivity index is 0.00000140. The number of hydrogen-bond donors (Lipinski definition) is 3. The summed E-state index contributed by atoms with van der Waals surface area (Å²) in [6.07, 6.45) is 4.63. The summed E-state index contributed by atoms with van der Waals surface area (Å²) in [4.78, 5) is 21.0. The van der Waals surface area contributed by atoms with Crippen LogP contribution in [0.25, 0.3) is 11.0 Å². The molecule has 3 N–H and O–H groups in total. The number of carbonyl (C=O) groups is 1. The van der Waals surface area contributed by atoms with Crippen LogP contribution in [0.1, 0.15) is 36.7 Å². The van der Waals surface area contributed by atoms with E-state index in [0.717, 1.165) is 35.4 Å². The van der Waals surface area contributed by atoms with E-state index in [1.54, 1.807) is 4.68 Å². The highest BCUT2D eigenvalue weighted by molar-refractivity contribution is 5.85. The Morgan fingerprint density at radius 3 is 2.79 bits per heavy atom. The smallest absolute Gasteiger partial charge is 0.225 e. The summed E-state index contributed by atoms with van der Waals surface area (Å²) in [5, 5.41) is 10.8. The number of amides is 1. The molecule has 1 fully saturated rings. The Bertz CT molecular complexity index is 891. The SMILES string of the molecule is CCC(NC(=O)[C@H]1CNC[C@@H]1c1cnn(C)c1)c1nc2ccccc2[nH]1.Cl.Cl. The first-order chi connectivity index (χ1) is 12.7. The summed E-state index contributed by atoms with van der Waals surface area (Å²) < 4.78 is 1.78. The van der Waals surface area contributed by atoms with Gasteiger partial charge in [-0.25, -0.2) is 4.98 Å². The average molecular weight is 425 g/mol. The molecule has 4 rings (SSSR count). The van der Waals surface area contributed by atoms with Crippen molar-refractivity contribution >= 4 is 41.8 Å². The standard InChI is InChI=1S/C19H24N6O.2ClH/c1-3-15(18-22-16-6-4-5-7-17(16)23-18)24-19(26)14-10-20-9-13(14)12-8-21-25(2)11-12;;/h4-8,11,13-15,20H,3,9-10H2,1-2H3,(H,22,23)(H,24,26);2*1H/t13-,14+,15?;;/m1../s1. The zero-order valence-electron chi connectivity index (χ0n) is 15.9. The van der Waals surface area contributed by atoms with E-state index in [1.807, 2.05) is 43.7 Å². The lowest BCUT2D eigenvalue weighted by Gasteiger charge is -2.21. The van der Waals surface area contributed by atoms with E-state index in [0.29, 0.717) is 6.54 Å². The maximum atomic E-state index is 13.0. The molecule has 1 saturated heterocycles. The number of H-pyrrole nitrogens is 1. The van der Waals surface area contributed by atoms with Crippen LogP contribution in [0, 0.1) is 5.92 Å². The predicted molar refractivity (Wildman–Crippen MR) is 114 cm³/mol. The van der Waals surface area contributed by atoms with Crippen molar-refractivity contribution in [1.29, 1.82) is 0 Å². The van der Waals surface area contributed by atoms with E-state index in [-0.39, 0.29) is 48.6 Å².